The van der Waals surface area contributed by atoms with Gasteiger partial charge in [-0.15, -0.1) is 0 Å². The first-order valence-corrected chi connectivity index (χ1v) is 26.9. The fourth-order valence-electron chi connectivity index (χ4n) is 10.8. The molecule has 5 heterocycles. The highest BCUT2D eigenvalue weighted by Gasteiger charge is 2.23. The van der Waals surface area contributed by atoms with Gasteiger partial charge in [0.1, 0.15) is 11.4 Å². The molecule has 1 amide bonds. The maximum Gasteiger partial charge on any atom is 0.254 e. The second-order valence-electron chi connectivity index (χ2n) is 19.4. The summed E-state index contributed by atoms with van der Waals surface area (Å²) in [5.41, 5.74) is 29.2. The minimum absolute atomic E-state index is 0.0633. The zero-order valence-electron chi connectivity index (χ0n) is 42.4. The highest BCUT2D eigenvalue weighted by atomic mass is 79.9. The van der Waals surface area contributed by atoms with E-state index in [9.17, 15) is 4.79 Å². The van der Waals surface area contributed by atoms with Gasteiger partial charge in [-0.3, -0.25) is 4.79 Å². The Morgan fingerprint density at radius 2 is 1.05 bits per heavy atom. The van der Waals surface area contributed by atoms with Crippen molar-refractivity contribution >= 4 is 148 Å². The summed E-state index contributed by atoms with van der Waals surface area (Å²) in [5, 5.41) is 16.6. The topological polar surface area (TPSA) is 176 Å². The number of hydrogen-bond donors (Lipinski definition) is 6. The first kappa shape index (κ1) is 50.0. The average molecular weight is 1130 g/mol. The average Bonchev–Trinajstić information content (AvgIpc) is 4.18. The molecule has 1 aliphatic rings. The third kappa shape index (κ3) is 9.82. The molecule has 14 heteroatoms. The standard InChI is InChI=1S/C24H27N7O.C13H10BrN.C13H12N2.C12H8BrN/c1-31-20-9-5-2-6-15(20)16-12-14(10-11-21(16)31)28-23-17(22(26)32)13-27-24(30-23)29-19-8-4-3-7-18(19)25;2*1-15-12-5-3-2-4-10(12)11-8-9(14)6-7-13(11)15;13-8-5-6-12-10(7-8)9-3-1-2-4-11(9)14-12/h2,5-6,9-13,18-19H,3-4,7-8,25H2,1H3,(H2,26,32)(H2,27,28,29,30);2-8H,1H3;2-8H,14H2,1H3;1-7,14H/t18-,19+;;;/m0.../s1. The van der Waals surface area contributed by atoms with Crippen molar-refractivity contribution in [2.75, 3.05) is 16.4 Å². The van der Waals surface area contributed by atoms with E-state index in [1.54, 1.807) is 0 Å². The first-order chi connectivity index (χ1) is 36.9. The smallest absolute Gasteiger partial charge is 0.254 e. The second-order valence-corrected chi connectivity index (χ2v) is 21.2. The number of anilines is 4. The van der Waals surface area contributed by atoms with Crippen LogP contribution in [0.15, 0.2) is 185 Å². The van der Waals surface area contributed by atoms with E-state index in [0.29, 0.717) is 11.8 Å². The molecule has 0 unspecified atom stereocenters. The van der Waals surface area contributed by atoms with Crippen molar-refractivity contribution in [2.45, 2.75) is 37.8 Å². The second kappa shape index (κ2) is 21.2. The molecule has 1 fully saturated rings. The molecule has 0 aliphatic heterocycles. The van der Waals surface area contributed by atoms with Crippen molar-refractivity contribution in [2.24, 2.45) is 32.6 Å². The Kier molecular flexibility index (Phi) is 14.0. The van der Waals surface area contributed by atoms with Gasteiger partial charge in [-0.25, -0.2) is 4.98 Å². The number of aromatic amines is 1. The molecule has 14 rings (SSSR count). The van der Waals surface area contributed by atoms with E-state index < -0.39 is 5.91 Å². The van der Waals surface area contributed by atoms with Crippen molar-refractivity contribution in [3.63, 3.8) is 0 Å². The van der Waals surface area contributed by atoms with Crippen LogP contribution < -0.4 is 27.8 Å². The molecule has 76 heavy (non-hydrogen) atoms. The number of nitrogens with zero attached hydrogens (tertiary/aromatic N) is 5. The van der Waals surface area contributed by atoms with Crippen molar-refractivity contribution in [1.82, 2.24) is 28.7 Å². The summed E-state index contributed by atoms with van der Waals surface area (Å²) in [6, 6.07) is 58.6. The van der Waals surface area contributed by atoms with E-state index in [1.165, 1.54) is 77.0 Å². The zero-order chi connectivity index (χ0) is 52.6. The Morgan fingerprint density at radius 1 is 0.566 bits per heavy atom. The quantitative estimate of drug-likeness (QED) is 0.0930. The molecule has 5 aromatic heterocycles. The van der Waals surface area contributed by atoms with Gasteiger partial charge in [0.25, 0.3) is 5.91 Å². The van der Waals surface area contributed by atoms with Gasteiger partial charge in [0, 0.05) is 147 Å². The molecule has 0 spiro atoms. The number of para-hydroxylation sites is 4. The van der Waals surface area contributed by atoms with Crippen LogP contribution in [-0.2, 0) is 21.1 Å². The highest BCUT2D eigenvalue weighted by Crippen LogP contribution is 2.34. The summed E-state index contributed by atoms with van der Waals surface area (Å²) in [7, 11) is 6.25. The number of aryl methyl sites for hydroxylation is 3. The number of fused-ring (bicyclic) bond motifs is 12. The van der Waals surface area contributed by atoms with Crippen LogP contribution in [0.3, 0.4) is 0 Å². The van der Waals surface area contributed by atoms with Crippen LogP contribution in [0.25, 0.3) is 87.2 Å². The first-order valence-electron chi connectivity index (χ1n) is 25.3. The van der Waals surface area contributed by atoms with E-state index in [2.05, 4.69) is 226 Å². The van der Waals surface area contributed by atoms with Gasteiger partial charge in [-0.2, -0.15) is 4.98 Å². The van der Waals surface area contributed by atoms with E-state index in [4.69, 9.17) is 17.2 Å². The Labute approximate surface area is 456 Å². The van der Waals surface area contributed by atoms with Crippen LogP contribution in [0.4, 0.5) is 23.1 Å². The molecule has 0 radical (unpaired) electrons. The monoisotopic (exact) mass is 1130 g/mol. The molecule has 12 nitrogen and oxygen atoms in total. The fraction of sp³-hybridized carbons (Fsp3) is 0.145. The lowest BCUT2D eigenvalue weighted by Gasteiger charge is -2.29. The number of primary amides is 1. The Balaban J connectivity index is 0.000000117. The predicted molar refractivity (Wildman–Crippen MR) is 325 cm³/mol. The summed E-state index contributed by atoms with van der Waals surface area (Å²) in [4.78, 5) is 24.3. The van der Waals surface area contributed by atoms with E-state index in [0.717, 1.165) is 62.4 Å². The number of nitrogen functional groups attached to an aromatic ring is 1. The molecule has 9 N–H and O–H groups in total. The van der Waals surface area contributed by atoms with Crippen LogP contribution >= 0.6 is 31.9 Å². The summed E-state index contributed by atoms with van der Waals surface area (Å²) in [6.07, 6.45) is 5.69. The summed E-state index contributed by atoms with van der Waals surface area (Å²) < 4.78 is 8.85. The predicted octanol–water partition coefficient (Wildman–Crippen LogP) is 14.7. The van der Waals surface area contributed by atoms with E-state index in [-0.39, 0.29) is 17.6 Å². The number of halogens is 2. The number of carbonyl (C=O) groups excluding carboxylic acids is 1. The third-order valence-corrected chi connectivity index (χ3v) is 15.6. The van der Waals surface area contributed by atoms with Crippen molar-refractivity contribution in [3.8, 4) is 0 Å². The lowest BCUT2D eigenvalue weighted by Crippen LogP contribution is -2.43. The molecule has 380 valence electrons. The van der Waals surface area contributed by atoms with Crippen LogP contribution in [0.2, 0.25) is 0 Å². The molecular formula is C62H57Br2N11O. The molecule has 0 saturated heterocycles. The van der Waals surface area contributed by atoms with Crippen molar-refractivity contribution < 1.29 is 4.79 Å². The van der Waals surface area contributed by atoms with E-state index >= 15 is 0 Å². The molecule has 13 aromatic rings. The van der Waals surface area contributed by atoms with Gasteiger partial charge in [0.15, 0.2) is 0 Å². The van der Waals surface area contributed by atoms with Crippen molar-refractivity contribution in [1.29, 1.82) is 0 Å². The molecular weight excluding hydrogens is 1070 g/mol. The summed E-state index contributed by atoms with van der Waals surface area (Å²) >= 11 is 7.01. The Bertz CT molecular complexity index is 4190. The molecule has 1 aliphatic carbocycles. The summed E-state index contributed by atoms with van der Waals surface area (Å²) in [5.74, 6) is 0.227. The number of rotatable bonds is 5. The number of amides is 1. The molecule has 2 atom stereocenters. The lowest BCUT2D eigenvalue weighted by molar-refractivity contribution is 0.100. The number of benzene rings is 8. The number of nitrogens with one attached hydrogen (secondary N) is 3. The maximum atomic E-state index is 12.0. The molecule has 1 saturated carbocycles. The zero-order valence-corrected chi connectivity index (χ0v) is 45.5. The fourth-order valence-corrected chi connectivity index (χ4v) is 11.5. The van der Waals surface area contributed by atoms with Crippen LogP contribution in [0.5, 0.6) is 0 Å². The van der Waals surface area contributed by atoms with E-state index in [1.807, 2.05) is 36.4 Å². The van der Waals surface area contributed by atoms with Gasteiger partial charge in [0.2, 0.25) is 5.95 Å². The van der Waals surface area contributed by atoms with Crippen LogP contribution in [-0.4, -0.2) is 46.6 Å². The van der Waals surface area contributed by atoms with Gasteiger partial charge >= 0.3 is 0 Å². The SMILES string of the molecule is Brc1ccc2[nH]c3ccccc3c2c1.Cn1c2ccccc2c2cc(Br)ccc21.Cn1c2ccccc2c2cc(N)ccc21.Cn1c2ccccc2c2cc(Nc3nc(N[C@@H]4CCCC[C@@H]4N)ncc3C(N)=O)ccc21. The Morgan fingerprint density at radius 3 is 1.67 bits per heavy atom. The third-order valence-electron chi connectivity index (χ3n) is 14.6. The number of aromatic nitrogens is 6. The van der Waals surface area contributed by atoms with Crippen LogP contribution in [0.1, 0.15) is 36.0 Å². The highest BCUT2D eigenvalue weighted by molar-refractivity contribution is 9.10. The Hall–Kier alpha value is -8.17. The number of nitrogens with two attached hydrogens (primary N) is 3. The largest absolute Gasteiger partial charge is 0.399 e. The van der Waals surface area contributed by atoms with Gasteiger partial charge in [0.05, 0.1) is 0 Å². The lowest BCUT2D eigenvalue weighted by atomic mass is 9.91. The normalized spacial score (nSPS) is 14.4. The van der Waals surface area contributed by atoms with Crippen LogP contribution in [0, 0.1) is 0 Å². The minimum Gasteiger partial charge on any atom is -0.399 e. The number of carbonyl (C=O) groups is 1. The molecule has 0 bridgehead atoms. The van der Waals surface area contributed by atoms with Crippen molar-refractivity contribution in [3.05, 3.63) is 191 Å². The van der Waals surface area contributed by atoms with Gasteiger partial charge < -0.3 is 46.5 Å². The number of hydrogen-bond acceptors (Lipinski definition) is 7. The number of H-pyrrole nitrogens is 1. The minimum atomic E-state index is -0.584. The molecule has 8 aromatic carbocycles. The summed E-state index contributed by atoms with van der Waals surface area (Å²) in [6.45, 7) is 0. The van der Waals surface area contributed by atoms with Gasteiger partial charge in [-0.05, 0) is 110 Å². The maximum absolute atomic E-state index is 12.0. The van der Waals surface area contributed by atoms with Gasteiger partial charge in [-0.1, -0.05) is 117 Å².